The van der Waals surface area contributed by atoms with Crippen LogP contribution >= 0.6 is 0 Å². The summed E-state index contributed by atoms with van der Waals surface area (Å²) in [5.74, 6) is -0.403. The molecule has 18 heavy (non-hydrogen) atoms. The van der Waals surface area contributed by atoms with Gasteiger partial charge in [-0.1, -0.05) is 0 Å². The molecule has 0 aliphatic carbocycles. The normalized spacial score (nSPS) is 18.3. The third-order valence-electron chi connectivity index (χ3n) is 3.40. The first-order valence-electron chi connectivity index (χ1n) is 6.62. The van der Waals surface area contributed by atoms with Crippen molar-refractivity contribution in [2.24, 2.45) is 5.73 Å². The average molecular weight is 256 g/mol. The predicted molar refractivity (Wildman–Crippen MR) is 70.0 cm³/mol. The van der Waals surface area contributed by atoms with Gasteiger partial charge in [0.25, 0.3) is 0 Å². The molecule has 0 saturated carbocycles. The van der Waals surface area contributed by atoms with Crippen LogP contribution in [0.1, 0.15) is 20.3 Å². The van der Waals surface area contributed by atoms with Crippen LogP contribution in [0.4, 0.5) is 0 Å². The van der Waals surface area contributed by atoms with Crippen molar-refractivity contribution in [3.05, 3.63) is 0 Å². The van der Waals surface area contributed by atoms with Gasteiger partial charge in [0, 0.05) is 39.3 Å². The fourth-order valence-corrected chi connectivity index (χ4v) is 2.27. The third kappa shape index (κ3) is 3.96. The summed E-state index contributed by atoms with van der Waals surface area (Å²) in [6.07, 6.45) is 0.191. The highest BCUT2D eigenvalue weighted by atomic mass is 16.2. The Labute approximate surface area is 108 Å². The van der Waals surface area contributed by atoms with E-state index in [9.17, 15) is 9.59 Å². The first-order chi connectivity index (χ1) is 8.60. The Kier molecular flexibility index (Phi) is 6.07. The standard InChI is InChI=1S/C12H24N4O2/c1-3-15(4-2)11(17)9-10(12(13)18)16-7-5-14-6-8-16/h10,14H,3-9H2,1-2H3,(H2,13,18). The van der Waals surface area contributed by atoms with Crippen LogP contribution in [0.2, 0.25) is 0 Å². The second-order valence-electron chi connectivity index (χ2n) is 4.47. The lowest BCUT2D eigenvalue weighted by Crippen LogP contribution is -2.54. The number of rotatable bonds is 6. The number of piperazine rings is 1. The Morgan fingerprint density at radius 2 is 1.83 bits per heavy atom. The summed E-state index contributed by atoms with van der Waals surface area (Å²) in [5, 5.41) is 3.22. The Hall–Kier alpha value is -1.14. The summed E-state index contributed by atoms with van der Waals surface area (Å²) in [6, 6.07) is -0.472. The van der Waals surface area contributed by atoms with Crippen molar-refractivity contribution in [3.63, 3.8) is 0 Å². The molecular weight excluding hydrogens is 232 g/mol. The van der Waals surface area contributed by atoms with Gasteiger partial charge in [-0.15, -0.1) is 0 Å². The van der Waals surface area contributed by atoms with Gasteiger partial charge < -0.3 is 16.0 Å². The zero-order chi connectivity index (χ0) is 13.5. The van der Waals surface area contributed by atoms with E-state index in [1.807, 2.05) is 18.7 Å². The van der Waals surface area contributed by atoms with Crippen molar-refractivity contribution in [1.82, 2.24) is 15.1 Å². The number of carbonyl (C=O) groups excluding carboxylic acids is 2. The molecule has 0 aromatic rings. The molecular formula is C12H24N4O2. The number of hydrogen-bond acceptors (Lipinski definition) is 4. The van der Waals surface area contributed by atoms with E-state index in [2.05, 4.69) is 5.32 Å². The number of carbonyl (C=O) groups is 2. The SMILES string of the molecule is CCN(CC)C(=O)CC(C(N)=O)N1CCNCC1. The fourth-order valence-electron chi connectivity index (χ4n) is 2.27. The molecule has 0 bridgehead atoms. The Bertz CT molecular complexity index is 286. The molecule has 3 N–H and O–H groups in total. The van der Waals surface area contributed by atoms with Crippen LogP contribution < -0.4 is 11.1 Å². The van der Waals surface area contributed by atoms with E-state index >= 15 is 0 Å². The summed E-state index contributed by atoms with van der Waals surface area (Å²) >= 11 is 0. The number of nitrogens with one attached hydrogen (secondary N) is 1. The number of amides is 2. The zero-order valence-electron chi connectivity index (χ0n) is 11.3. The quantitative estimate of drug-likeness (QED) is 0.639. The smallest absolute Gasteiger partial charge is 0.235 e. The number of hydrogen-bond donors (Lipinski definition) is 2. The van der Waals surface area contributed by atoms with E-state index in [1.54, 1.807) is 4.90 Å². The van der Waals surface area contributed by atoms with Crippen LogP contribution in [0.25, 0.3) is 0 Å². The molecule has 0 spiro atoms. The highest BCUT2D eigenvalue weighted by molar-refractivity contribution is 5.87. The first-order valence-corrected chi connectivity index (χ1v) is 6.62. The van der Waals surface area contributed by atoms with E-state index in [0.717, 1.165) is 26.2 Å². The van der Waals surface area contributed by atoms with E-state index < -0.39 is 11.9 Å². The van der Waals surface area contributed by atoms with Crippen LogP contribution in [0.15, 0.2) is 0 Å². The lowest BCUT2D eigenvalue weighted by molar-refractivity contribution is -0.136. The summed E-state index contributed by atoms with van der Waals surface area (Å²) in [6.45, 7) is 8.41. The maximum atomic E-state index is 12.0. The summed E-state index contributed by atoms with van der Waals surface area (Å²) in [4.78, 5) is 27.3. The van der Waals surface area contributed by atoms with Gasteiger partial charge in [0.2, 0.25) is 11.8 Å². The van der Waals surface area contributed by atoms with Crippen molar-refractivity contribution in [3.8, 4) is 0 Å². The zero-order valence-corrected chi connectivity index (χ0v) is 11.3. The van der Waals surface area contributed by atoms with Crippen molar-refractivity contribution < 1.29 is 9.59 Å². The second kappa shape index (κ2) is 7.33. The van der Waals surface area contributed by atoms with Crippen LogP contribution in [0, 0.1) is 0 Å². The van der Waals surface area contributed by atoms with E-state index in [-0.39, 0.29) is 12.3 Å². The summed E-state index contributed by atoms with van der Waals surface area (Å²) < 4.78 is 0. The highest BCUT2D eigenvalue weighted by Crippen LogP contribution is 2.08. The van der Waals surface area contributed by atoms with Gasteiger partial charge in [-0.25, -0.2) is 0 Å². The minimum atomic E-state index is -0.472. The van der Waals surface area contributed by atoms with Crippen LogP contribution in [-0.2, 0) is 9.59 Å². The molecule has 0 aromatic carbocycles. The third-order valence-corrected chi connectivity index (χ3v) is 3.40. The van der Waals surface area contributed by atoms with Crippen LogP contribution in [0.5, 0.6) is 0 Å². The van der Waals surface area contributed by atoms with E-state index in [4.69, 9.17) is 5.73 Å². The lowest BCUT2D eigenvalue weighted by Gasteiger charge is -2.33. The maximum absolute atomic E-state index is 12.0. The molecule has 1 unspecified atom stereocenters. The molecule has 0 radical (unpaired) electrons. The molecule has 0 aromatic heterocycles. The highest BCUT2D eigenvalue weighted by Gasteiger charge is 2.28. The lowest BCUT2D eigenvalue weighted by atomic mass is 10.1. The minimum Gasteiger partial charge on any atom is -0.368 e. The molecule has 1 atom stereocenters. The Morgan fingerprint density at radius 1 is 1.28 bits per heavy atom. The van der Waals surface area contributed by atoms with Crippen molar-refractivity contribution >= 4 is 11.8 Å². The van der Waals surface area contributed by atoms with Crippen molar-refractivity contribution in [1.29, 1.82) is 0 Å². The molecule has 1 saturated heterocycles. The number of nitrogens with zero attached hydrogens (tertiary/aromatic N) is 2. The van der Waals surface area contributed by atoms with Crippen molar-refractivity contribution in [2.75, 3.05) is 39.3 Å². The van der Waals surface area contributed by atoms with Gasteiger partial charge in [-0.2, -0.15) is 0 Å². The molecule has 104 valence electrons. The monoisotopic (exact) mass is 256 g/mol. The number of nitrogens with two attached hydrogens (primary N) is 1. The van der Waals surface area contributed by atoms with Gasteiger partial charge in [-0.3, -0.25) is 14.5 Å². The molecule has 1 rings (SSSR count). The van der Waals surface area contributed by atoms with Gasteiger partial charge in [0.05, 0.1) is 12.5 Å². The topological polar surface area (TPSA) is 78.7 Å². The molecule has 6 nitrogen and oxygen atoms in total. The van der Waals surface area contributed by atoms with Gasteiger partial charge in [0.1, 0.15) is 0 Å². The molecule has 6 heteroatoms. The first kappa shape index (κ1) is 14.9. The predicted octanol–water partition coefficient (Wildman–Crippen LogP) is -0.996. The fraction of sp³-hybridized carbons (Fsp3) is 0.833. The van der Waals surface area contributed by atoms with Crippen LogP contribution in [-0.4, -0.2) is 66.9 Å². The van der Waals surface area contributed by atoms with E-state index in [0.29, 0.717) is 13.1 Å². The Balaban J connectivity index is 2.62. The average Bonchev–Trinajstić information content (AvgIpc) is 2.38. The van der Waals surface area contributed by atoms with Gasteiger partial charge in [0.15, 0.2) is 0 Å². The molecule has 1 aliphatic heterocycles. The second-order valence-corrected chi connectivity index (χ2v) is 4.47. The summed E-state index contributed by atoms with van der Waals surface area (Å²) in [7, 11) is 0. The molecule has 1 heterocycles. The summed E-state index contributed by atoms with van der Waals surface area (Å²) in [5.41, 5.74) is 5.43. The van der Waals surface area contributed by atoms with Crippen LogP contribution in [0.3, 0.4) is 0 Å². The molecule has 1 fully saturated rings. The number of primary amides is 1. The maximum Gasteiger partial charge on any atom is 0.235 e. The van der Waals surface area contributed by atoms with Crippen molar-refractivity contribution in [2.45, 2.75) is 26.3 Å². The van der Waals surface area contributed by atoms with Gasteiger partial charge >= 0.3 is 0 Å². The van der Waals surface area contributed by atoms with Gasteiger partial charge in [-0.05, 0) is 13.8 Å². The Morgan fingerprint density at radius 3 is 2.28 bits per heavy atom. The molecule has 2 amide bonds. The largest absolute Gasteiger partial charge is 0.368 e. The van der Waals surface area contributed by atoms with E-state index in [1.165, 1.54) is 0 Å². The molecule has 1 aliphatic rings. The minimum absolute atomic E-state index is 0.00216.